The lowest BCUT2D eigenvalue weighted by Crippen LogP contribution is -2.08. The van der Waals surface area contributed by atoms with Crippen molar-refractivity contribution in [1.29, 1.82) is 0 Å². The third-order valence-electron chi connectivity index (χ3n) is 1.64. The minimum Gasteiger partial charge on any atom is -0.462 e. The monoisotopic (exact) mass is 291 g/mol. The van der Waals surface area contributed by atoms with Gasteiger partial charge in [0.15, 0.2) is 0 Å². The SMILES string of the molecule is CCOC(=O)c1ccnc(I)c1C. The molecule has 0 atom stereocenters. The first-order valence-corrected chi connectivity index (χ1v) is 5.03. The molecule has 70 valence electrons. The number of rotatable bonds is 2. The third-order valence-corrected chi connectivity index (χ3v) is 2.73. The van der Waals surface area contributed by atoms with E-state index in [4.69, 9.17) is 4.74 Å². The maximum atomic E-state index is 11.4. The van der Waals surface area contributed by atoms with E-state index in [1.54, 1.807) is 19.2 Å². The minimum absolute atomic E-state index is 0.277. The largest absolute Gasteiger partial charge is 0.462 e. The molecule has 0 unspecified atom stereocenters. The standard InChI is InChI=1S/C9H10INO2/c1-3-13-9(12)7-4-5-11-8(10)6(7)2/h4-5H,3H2,1-2H3. The van der Waals surface area contributed by atoms with Gasteiger partial charge in [-0.15, -0.1) is 0 Å². The van der Waals surface area contributed by atoms with E-state index >= 15 is 0 Å². The third kappa shape index (κ3) is 2.40. The van der Waals surface area contributed by atoms with Gasteiger partial charge in [-0.3, -0.25) is 4.98 Å². The van der Waals surface area contributed by atoms with Crippen molar-refractivity contribution in [2.75, 3.05) is 6.61 Å². The molecule has 3 nitrogen and oxygen atoms in total. The zero-order valence-electron chi connectivity index (χ0n) is 7.50. The molecule has 0 spiro atoms. The number of nitrogens with zero attached hydrogens (tertiary/aromatic N) is 1. The molecular weight excluding hydrogens is 281 g/mol. The quantitative estimate of drug-likeness (QED) is 0.476. The molecule has 0 radical (unpaired) electrons. The van der Waals surface area contributed by atoms with Crippen LogP contribution in [0.5, 0.6) is 0 Å². The Hall–Kier alpha value is -0.650. The lowest BCUT2D eigenvalue weighted by atomic mass is 10.2. The molecule has 4 heteroatoms. The van der Waals surface area contributed by atoms with Gasteiger partial charge < -0.3 is 4.74 Å². The van der Waals surface area contributed by atoms with Crippen LogP contribution in [0.1, 0.15) is 22.8 Å². The Morgan fingerprint density at radius 1 is 1.69 bits per heavy atom. The first-order valence-electron chi connectivity index (χ1n) is 3.95. The van der Waals surface area contributed by atoms with Crippen molar-refractivity contribution < 1.29 is 9.53 Å². The van der Waals surface area contributed by atoms with E-state index < -0.39 is 0 Å². The predicted molar refractivity (Wildman–Crippen MR) is 57.6 cm³/mol. The summed E-state index contributed by atoms with van der Waals surface area (Å²) in [6.45, 7) is 4.05. The second-order valence-corrected chi connectivity index (χ2v) is 3.52. The van der Waals surface area contributed by atoms with Crippen molar-refractivity contribution in [2.45, 2.75) is 13.8 Å². The summed E-state index contributed by atoms with van der Waals surface area (Å²) in [6.07, 6.45) is 1.61. The van der Waals surface area contributed by atoms with Gasteiger partial charge in [-0.25, -0.2) is 4.79 Å². The first-order chi connectivity index (χ1) is 6.16. The fourth-order valence-electron chi connectivity index (χ4n) is 0.940. The summed E-state index contributed by atoms with van der Waals surface area (Å²) in [5.41, 5.74) is 1.47. The van der Waals surface area contributed by atoms with Crippen LogP contribution >= 0.6 is 22.6 Å². The number of esters is 1. The van der Waals surface area contributed by atoms with Crippen LogP contribution in [0.2, 0.25) is 0 Å². The molecule has 0 bridgehead atoms. The highest BCUT2D eigenvalue weighted by Gasteiger charge is 2.11. The normalized spacial score (nSPS) is 9.77. The minimum atomic E-state index is -0.277. The second kappa shape index (κ2) is 4.55. The molecule has 0 aromatic carbocycles. The van der Waals surface area contributed by atoms with Crippen molar-refractivity contribution >= 4 is 28.6 Å². The maximum absolute atomic E-state index is 11.4. The molecule has 0 fully saturated rings. The summed E-state index contributed by atoms with van der Waals surface area (Å²) >= 11 is 2.09. The van der Waals surface area contributed by atoms with Crippen molar-refractivity contribution in [2.24, 2.45) is 0 Å². The number of carbonyl (C=O) groups is 1. The molecule has 1 heterocycles. The van der Waals surface area contributed by atoms with Gasteiger partial charge in [-0.2, -0.15) is 0 Å². The Morgan fingerprint density at radius 2 is 2.38 bits per heavy atom. The first kappa shape index (κ1) is 10.4. The number of aromatic nitrogens is 1. The molecule has 0 amide bonds. The van der Waals surface area contributed by atoms with Crippen LogP contribution in [-0.2, 0) is 4.74 Å². The van der Waals surface area contributed by atoms with Gasteiger partial charge >= 0.3 is 5.97 Å². The molecule has 0 N–H and O–H groups in total. The van der Waals surface area contributed by atoms with Crippen molar-refractivity contribution in [1.82, 2.24) is 4.98 Å². The zero-order valence-corrected chi connectivity index (χ0v) is 9.66. The Labute approximate surface area is 90.6 Å². The van der Waals surface area contributed by atoms with Crippen LogP contribution in [0, 0.1) is 10.6 Å². The fourth-order valence-corrected chi connectivity index (χ4v) is 1.39. The molecule has 0 saturated carbocycles. The van der Waals surface area contributed by atoms with Crippen LogP contribution in [0.15, 0.2) is 12.3 Å². The number of ether oxygens (including phenoxy) is 1. The number of carbonyl (C=O) groups excluding carboxylic acids is 1. The summed E-state index contributed by atoms with van der Waals surface area (Å²) in [7, 11) is 0. The Bertz CT molecular complexity index is 325. The van der Waals surface area contributed by atoms with E-state index in [2.05, 4.69) is 27.6 Å². The smallest absolute Gasteiger partial charge is 0.338 e. The summed E-state index contributed by atoms with van der Waals surface area (Å²) in [6, 6.07) is 1.68. The summed E-state index contributed by atoms with van der Waals surface area (Å²) in [4.78, 5) is 15.4. The highest BCUT2D eigenvalue weighted by Crippen LogP contribution is 2.13. The van der Waals surface area contributed by atoms with Crippen molar-refractivity contribution in [3.63, 3.8) is 0 Å². The van der Waals surface area contributed by atoms with Gasteiger partial charge in [0.05, 0.1) is 12.2 Å². The Balaban J connectivity index is 3.01. The summed E-state index contributed by atoms with van der Waals surface area (Å²) < 4.78 is 5.73. The molecule has 13 heavy (non-hydrogen) atoms. The number of halogens is 1. The number of pyridine rings is 1. The zero-order chi connectivity index (χ0) is 9.84. The predicted octanol–water partition coefficient (Wildman–Crippen LogP) is 2.17. The Morgan fingerprint density at radius 3 is 3.00 bits per heavy atom. The van der Waals surface area contributed by atoms with Crippen LogP contribution < -0.4 is 0 Å². The van der Waals surface area contributed by atoms with Gasteiger partial charge in [-0.1, -0.05) is 0 Å². The molecule has 0 aliphatic rings. The fraction of sp³-hybridized carbons (Fsp3) is 0.333. The molecule has 0 saturated heterocycles. The van der Waals surface area contributed by atoms with Gasteiger partial charge in [0, 0.05) is 6.20 Å². The van der Waals surface area contributed by atoms with Gasteiger partial charge in [-0.05, 0) is 48.1 Å². The molecule has 1 aromatic rings. The van der Waals surface area contributed by atoms with E-state index in [0.29, 0.717) is 12.2 Å². The molecular formula is C9H10INO2. The van der Waals surface area contributed by atoms with Crippen molar-refractivity contribution in [3.8, 4) is 0 Å². The topological polar surface area (TPSA) is 39.2 Å². The van der Waals surface area contributed by atoms with Crippen molar-refractivity contribution in [3.05, 3.63) is 27.1 Å². The number of hydrogen-bond donors (Lipinski definition) is 0. The van der Waals surface area contributed by atoms with E-state index in [-0.39, 0.29) is 5.97 Å². The average molecular weight is 291 g/mol. The Kier molecular flexibility index (Phi) is 3.65. The molecule has 1 aromatic heterocycles. The molecule has 0 aliphatic heterocycles. The lowest BCUT2D eigenvalue weighted by molar-refractivity contribution is 0.0525. The van der Waals surface area contributed by atoms with Crippen LogP contribution in [0.25, 0.3) is 0 Å². The van der Waals surface area contributed by atoms with E-state index in [9.17, 15) is 4.79 Å². The van der Waals surface area contributed by atoms with Crippen LogP contribution in [-0.4, -0.2) is 17.6 Å². The highest BCUT2D eigenvalue weighted by atomic mass is 127. The maximum Gasteiger partial charge on any atom is 0.338 e. The van der Waals surface area contributed by atoms with E-state index in [0.717, 1.165) is 9.26 Å². The lowest BCUT2D eigenvalue weighted by Gasteiger charge is -2.05. The van der Waals surface area contributed by atoms with Crippen LogP contribution in [0.4, 0.5) is 0 Å². The van der Waals surface area contributed by atoms with Gasteiger partial charge in [0.25, 0.3) is 0 Å². The average Bonchev–Trinajstić information content (AvgIpc) is 2.10. The van der Waals surface area contributed by atoms with Gasteiger partial charge in [0.2, 0.25) is 0 Å². The summed E-state index contributed by atoms with van der Waals surface area (Å²) in [5, 5.41) is 0. The number of hydrogen-bond acceptors (Lipinski definition) is 3. The second-order valence-electron chi connectivity index (χ2n) is 2.49. The van der Waals surface area contributed by atoms with Crippen LogP contribution in [0.3, 0.4) is 0 Å². The van der Waals surface area contributed by atoms with E-state index in [1.165, 1.54) is 0 Å². The molecule has 0 aliphatic carbocycles. The summed E-state index contributed by atoms with van der Waals surface area (Å²) in [5.74, 6) is -0.277. The van der Waals surface area contributed by atoms with E-state index in [1.807, 2.05) is 6.92 Å². The highest BCUT2D eigenvalue weighted by molar-refractivity contribution is 14.1. The molecule has 1 rings (SSSR count). The van der Waals surface area contributed by atoms with Gasteiger partial charge in [0.1, 0.15) is 3.70 Å².